The van der Waals surface area contributed by atoms with Crippen molar-refractivity contribution in [2.24, 2.45) is 5.73 Å². The minimum Gasteiger partial charge on any atom is -0.350 e. The summed E-state index contributed by atoms with van der Waals surface area (Å²) in [5.41, 5.74) is 6.12. The first-order valence-corrected chi connectivity index (χ1v) is 7.67. The summed E-state index contributed by atoms with van der Waals surface area (Å²) >= 11 is 17.7. The highest BCUT2D eigenvalue weighted by Crippen LogP contribution is 2.36. The number of carbonyl (C=O) groups excluding carboxylic acids is 1. The highest BCUT2D eigenvalue weighted by molar-refractivity contribution is 6.45. The summed E-state index contributed by atoms with van der Waals surface area (Å²) in [5, 5.41) is 8.67. The largest absolute Gasteiger partial charge is 0.416 e. The molecule has 1 aromatic heterocycles. The lowest BCUT2D eigenvalue weighted by Crippen LogP contribution is -2.41. The van der Waals surface area contributed by atoms with Crippen molar-refractivity contribution in [3.63, 3.8) is 0 Å². The van der Waals surface area contributed by atoms with Gasteiger partial charge in [-0.15, -0.1) is 0 Å². The molecule has 2 rings (SSSR count). The van der Waals surface area contributed by atoms with Crippen LogP contribution in [-0.4, -0.2) is 11.0 Å². The van der Waals surface area contributed by atoms with E-state index in [1.54, 1.807) is 6.07 Å². The van der Waals surface area contributed by atoms with Crippen LogP contribution in [0.15, 0.2) is 24.3 Å². The van der Waals surface area contributed by atoms with Gasteiger partial charge in [0.1, 0.15) is 16.7 Å². The van der Waals surface area contributed by atoms with Crippen molar-refractivity contribution in [3.05, 3.63) is 50.6 Å². The molecule has 0 aliphatic carbocycles. The summed E-state index contributed by atoms with van der Waals surface area (Å²) in [7, 11) is 0. The molecule has 0 radical (unpaired) electrons. The molecule has 6 nitrogen and oxygen atoms in total. The van der Waals surface area contributed by atoms with Gasteiger partial charge in [0, 0.05) is 0 Å². The molecule has 26 heavy (non-hydrogen) atoms. The zero-order valence-corrected chi connectivity index (χ0v) is 14.7. The maximum atomic E-state index is 12.9. The number of alkyl halides is 3. The molecule has 0 saturated heterocycles. The summed E-state index contributed by atoms with van der Waals surface area (Å²) in [6.07, 6.45) is -4.63. The number of nitrogens with one attached hydrogen (secondary N) is 1. The summed E-state index contributed by atoms with van der Waals surface area (Å²) in [6, 6.07) is 4.35. The Bertz CT molecular complexity index is 914. The first-order valence-electron chi connectivity index (χ1n) is 6.54. The van der Waals surface area contributed by atoms with Crippen LogP contribution in [0.5, 0.6) is 0 Å². The number of hydrogen-bond acceptors (Lipinski definition) is 4. The van der Waals surface area contributed by atoms with Gasteiger partial charge in [-0.05, 0) is 18.2 Å². The summed E-state index contributed by atoms with van der Waals surface area (Å²) < 4.78 is 38.6. The third kappa shape index (κ3) is 4.04. The standard InChI is InChI=1S/C14H7Cl3F3N5O/c15-9-8(5-21)11(17)23-12(10(9)16)24-25(13(22)26)7-3-1-2-6(4-7)14(18,19)20/h1-4H,(H2,22,26)(H,23,24). The Hall–Kier alpha value is -2.41. The Balaban J connectivity index is 2.49. The molecule has 0 aliphatic rings. The second-order valence-corrected chi connectivity index (χ2v) is 5.81. The number of nitrogens with zero attached hydrogens (tertiary/aromatic N) is 3. The van der Waals surface area contributed by atoms with Crippen molar-refractivity contribution >= 4 is 52.3 Å². The van der Waals surface area contributed by atoms with Crippen LogP contribution >= 0.6 is 34.8 Å². The van der Waals surface area contributed by atoms with Gasteiger partial charge in [0.15, 0.2) is 11.0 Å². The molecular weight excluding hydrogens is 418 g/mol. The van der Waals surface area contributed by atoms with E-state index in [0.29, 0.717) is 11.1 Å². The van der Waals surface area contributed by atoms with Crippen LogP contribution in [0.4, 0.5) is 29.5 Å². The van der Waals surface area contributed by atoms with Crippen LogP contribution in [0.3, 0.4) is 0 Å². The van der Waals surface area contributed by atoms with Gasteiger partial charge in [-0.3, -0.25) is 5.43 Å². The molecular formula is C14H7Cl3F3N5O. The maximum Gasteiger partial charge on any atom is 0.416 e. The first kappa shape index (κ1) is 19.9. The Morgan fingerprint density at radius 1 is 1.27 bits per heavy atom. The van der Waals surface area contributed by atoms with E-state index in [1.165, 1.54) is 6.07 Å². The van der Waals surface area contributed by atoms with Crippen LogP contribution in [0.25, 0.3) is 0 Å². The number of amides is 2. The Labute approximate surface area is 159 Å². The third-order valence-electron chi connectivity index (χ3n) is 3.02. The van der Waals surface area contributed by atoms with Gasteiger partial charge >= 0.3 is 12.2 Å². The van der Waals surface area contributed by atoms with E-state index < -0.39 is 17.8 Å². The molecule has 2 amide bonds. The number of benzene rings is 1. The van der Waals surface area contributed by atoms with Gasteiger partial charge in [0.25, 0.3) is 0 Å². The van der Waals surface area contributed by atoms with Crippen molar-refractivity contribution in [3.8, 4) is 6.07 Å². The predicted molar refractivity (Wildman–Crippen MR) is 91.1 cm³/mol. The molecule has 0 aliphatic heterocycles. The summed E-state index contributed by atoms with van der Waals surface area (Å²) in [4.78, 5) is 15.5. The number of aromatic nitrogens is 1. The van der Waals surface area contributed by atoms with Crippen LogP contribution in [0.2, 0.25) is 15.2 Å². The second-order valence-electron chi connectivity index (χ2n) is 4.70. The van der Waals surface area contributed by atoms with E-state index in [2.05, 4.69) is 10.4 Å². The molecule has 136 valence electrons. The number of rotatable bonds is 3. The van der Waals surface area contributed by atoms with Gasteiger partial charge in [0.05, 0.1) is 16.3 Å². The minimum atomic E-state index is -4.63. The van der Waals surface area contributed by atoms with Crippen LogP contribution in [-0.2, 0) is 6.18 Å². The number of nitrogens with two attached hydrogens (primary N) is 1. The van der Waals surface area contributed by atoms with Crippen molar-refractivity contribution < 1.29 is 18.0 Å². The highest BCUT2D eigenvalue weighted by atomic mass is 35.5. The fourth-order valence-corrected chi connectivity index (χ4v) is 2.52. The number of hydrogen-bond donors (Lipinski definition) is 2. The molecule has 0 bridgehead atoms. The van der Waals surface area contributed by atoms with Gasteiger partial charge in [-0.2, -0.15) is 18.4 Å². The molecule has 0 atom stereocenters. The fraction of sp³-hybridized carbons (Fsp3) is 0.0714. The lowest BCUT2D eigenvalue weighted by Gasteiger charge is -2.23. The number of carbonyl (C=O) groups is 1. The SMILES string of the molecule is N#Cc1c(Cl)nc(NN(C(N)=O)c2cccc(C(F)(F)F)c2)c(Cl)c1Cl. The van der Waals surface area contributed by atoms with E-state index in [4.69, 9.17) is 45.8 Å². The van der Waals surface area contributed by atoms with Crippen molar-refractivity contribution in [2.45, 2.75) is 6.18 Å². The van der Waals surface area contributed by atoms with E-state index >= 15 is 0 Å². The first-order chi connectivity index (χ1) is 12.1. The van der Waals surface area contributed by atoms with E-state index in [-0.39, 0.29) is 32.3 Å². The zero-order chi connectivity index (χ0) is 19.6. The molecule has 0 fully saturated rings. The quantitative estimate of drug-likeness (QED) is 0.544. The smallest absolute Gasteiger partial charge is 0.350 e. The maximum absolute atomic E-state index is 12.9. The zero-order valence-electron chi connectivity index (χ0n) is 12.4. The lowest BCUT2D eigenvalue weighted by molar-refractivity contribution is -0.137. The molecule has 1 heterocycles. The number of anilines is 2. The average Bonchev–Trinajstić information content (AvgIpc) is 2.56. The molecule has 0 saturated carbocycles. The van der Waals surface area contributed by atoms with Gasteiger partial charge in [-0.1, -0.05) is 40.9 Å². The van der Waals surface area contributed by atoms with Gasteiger partial charge in [-0.25, -0.2) is 14.8 Å². The number of halogens is 6. The summed E-state index contributed by atoms with van der Waals surface area (Å²) in [6.45, 7) is 0. The molecule has 0 unspecified atom stereocenters. The van der Waals surface area contributed by atoms with Crippen LogP contribution < -0.4 is 16.2 Å². The Morgan fingerprint density at radius 2 is 1.92 bits per heavy atom. The highest BCUT2D eigenvalue weighted by Gasteiger charge is 2.31. The van der Waals surface area contributed by atoms with Crippen molar-refractivity contribution in [2.75, 3.05) is 10.4 Å². The molecule has 0 spiro atoms. The summed E-state index contributed by atoms with van der Waals surface area (Å²) in [5.74, 6) is -0.281. The van der Waals surface area contributed by atoms with Gasteiger partial charge < -0.3 is 5.73 Å². The molecule has 12 heteroatoms. The second kappa shape index (κ2) is 7.45. The monoisotopic (exact) mass is 423 g/mol. The fourth-order valence-electron chi connectivity index (χ4n) is 1.85. The molecule has 1 aromatic carbocycles. The van der Waals surface area contributed by atoms with E-state index in [9.17, 15) is 18.0 Å². The van der Waals surface area contributed by atoms with Gasteiger partial charge in [0.2, 0.25) is 0 Å². The van der Waals surface area contributed by atoms with E-state index in [0.717, 1.165) is 12.1 Å². The number of pyridine rings is 1. The Kier molecular flexibility index (Phi) is 5.71. The number of nitriles is 1. The van der Waals surface area contributed by atoms with Crippen LogP contribution in [0.1, 0.15) is 11.1 Å². The third-order valence-corrected chi connectivity index (χ3v) is 4.13. The molecule has 3 N–H and O–H groups in total. The van der Waals surface area contributed by atoms with Crippen molar-refractivity contribution in [1.82, 2.24) is 4.98 Å². The topological polar surface area (TPSA) is 95.0 Å². The average molecular weight is 425 g/mol. The Morgan fingerprint density at radius 3 is 2.46 bits per heavy atom. The number of urea groups is 1. The molecule has 2 aromatic rings. The number of hydrazine groups is 1. The van der Waals surface area contributed by atoms with E-state index in [1.807, 2.05) is 0 Å². The predicted octanol–water partition coefficient (Wildman–Crippen LogP) is 4.84. The minimum absolute atomic E-state index is 0.200. The number of primary amides is 1. The lowest BCUT2D eigenvalue weighted by atomic mass is 10.2. The normalized spacial score (nSPS) is 11.0. The van der Waals surface area contributed by atoms with Crippen LogP contribution in [0, 0.1) is 11.3 Å². The van der Waals surface area contributed by atoms with Crippen molar-refractivity contribution in [1.29, 1.82) is 5.26 Å².